The van der Waals surface area contributed by atoms with Gasteiger partial charge in [-0.25, -0.2) is 4.39 Å². The van der Waals surface area contributed by atoms with Crippen molar-refractivity contribution in [1.82, 2.24) is 4.90 Å². The molecule has 2 rings (SSSR count). The van der Waals surface area contributed by atoms with Crippen LogP contribution in [0.2, 0.25) is 0 Å². The van der Waals surface area contributed by atoms with Gasteiger partial charge in [0.25, 0.3) is 0 Å². The molecule has 0 bridgehead atoms. The summed E-state index contributed by atoms with van der Waals surface area (Å²) < 4.78 is 18.3. The van der Waals surface area contributed by atoms with Gasteiger partial charge in [0, 0.05) is 6.54 Å². The fourth-order valence-electron chi connectivity index (χ4n) is 2.49. The fourth-order valence-corrected chi connectivity index (χ4v) is 2.49. The summed E-state index contributed by atoms with van der Waals surface area (Å²) in [6.45, 7) is 4.94. The minimum Gasteiger partial charge on any atom is -0.494 e. The summed E-state index contributed by atoms with van der Waals surface area (Å²) in [6.07, 6.45) is 2.27. The number of ether oxygens (including phenoxy) is 1. The number of nitrogens with zero attached hydrogens (tertiary/aromatic N) is 1. The molecule has 0 radical (unpaired) electrons. The molecule has 4 nitrogen and oxygen atoms in total. The summed E-state index contributed by atoms with van der Waals surface area (Å²) in [6, 6.07) is 6.00. The van der Waals surface area contributed by atoms with Crippen LogP contribution in [-0.4, -0.2) is 42.2 Å². The van der Waals surface area contributed by atoms with E-state index in [0.717, 1.165) is 26.1 Å². The lowest BCUT2D eigenvalue weighted by molar-refractivity contribution is -0.150. The summed E-state index contributed by atoms with van der Waals surface area (Å²) in [5.41, 5.74) is -0.568. The third kappa shape index (κ3) is 4.43. The van der Waals surface area contributed by atoms with Gasteiger partial charge < -0.3 is 14.7 Å². The molecule has 1 aliphatic heterocycles. The molecule has 0 amide bonds. The van der Waals surface area contributed by atoms with Crippen LogP contribution >= 0.6 is 0 Å². The molecule has 0 atom stereocenters. The Balaban J connectivity index is 1.64. The Hall–Kier alpha value is -1.62. The van der Waals surface area contributed by atoms with E-state index in [0.29, 0.717) is 25.2 Å². The molecule has 1 aliphatic rings. The van der Waals surface area contributed by atoms with E-state index in [9.17, 15) is 14.3 Å². The average molecular weight is 295 g/mol. The van der Waals surface area contributed by atoms with Gasteiger partial charge in [-0.3, -0.25) is 4.79 Å². The summed E-state index contributed by atoms with van der Waals surface area (Å²) in [5.74, 6) is -0.285. The summed E-state index contributed by atoms with van der Waals surface area (Å²) in [4.78, 5) is 13.4. The van der Waals surface area contributed by atoms with Crippen molar-refractivity contribution in [2.75, 3.05) is 26.2 Å². The number of piperidine rings is 1. The van der Waals surface area contributed by atoms with E-state index in [-0.39, 0.29) is 5.82 Å². The molecule has 0 aromatic heterocycles. The largest absolute Gasteiger partial charge is 0.494 e. The maximum Gasteiger partial charge on any atom is 0.309 e. The molecule has 5 heteroatoms. The van der Waals surface area contributed by atoms with E-state index < -0.39 is 11.4 Å². The number of hydrogen-bond acceptors (Lipinski definition) is 3. The van der Waals surface area contributed by atoms with E-state index >= 15 is 0 Å². The Morgan fingerprint density at radius 2 is 1.95 bits per heavy atom. The highest BCUT2D eigenvalue weighted by atomic mass is 19.1. The van der Waals surface area contributed by atoms with Gasteiger partial charge in [0.1, 0.15) is 11.6 Å². The van der Waals surface area contributed by atoms with Crippen molar-refractivity contribution >= 4 is 5.97 Å². The Morgan fingerprint density at radius 1 is 1.33 bits per heavy atom. The second-order valence-electron chi connectivity index (χ2n) is 5.86. The number of rotatable bonds is 6. The zero-order chi connectivity index (χ0) is 15.3. The monoisotopic (exact) mass is 295 g/mol. The average Bonchev–Trinajstić information content (AvgIpc) is 2.47. The molecular weight excluding hydrogens is 273 g/mol. The van der Waals surface area contributed by atoms with Crippen LogP contribution in [0.25, 0.3) is 0 Å². The highest BCUT2D eigenvalue weighted by Gasteiger charge is 2.36. The first-order chi connectivity index (χ1) is 9.99. The van der Waals surface area contributed by atoms with Gasteiger partial charge in [0.05, 0.1) is 12.0 Å². The van der Waals surface area contributed by atoms with E-state index in [2.05, 4.69) is 4.90 Å². The first-order valence-electron chi connectivity index (χ1n) is 7.34. The Morgan fingerprint density at radius 3 is 2.52 bits per heavy atom. The third-order valence-corrected chi connectivity index (χ3v) is 4.18. The van der Waals surface area contributed by atoms with Crippen LogP contribution in [0.3, 0.4) is 0 Å². The van der Waals surface area contributed by atoms with E-state index in [1.165, 1.54) is 12.1 Å². The molecule has 0 saturated carbocycles. The SMILES string of the molecule is CC1(C(=O)O)CCN(CCCOc2ccc(F)cc2)CC1. The molecule has 21 heavy (non-hydrogen) atoms. The molecule has 1 fully saturated rings. The van der Waals surface area contributed by atoms with Gasteiger partial charge in [0.2, 0.25) is 0 Å². The number of carbonyl (C=O) groups is 1. The first kappa shape index (κ1) is 15.8. The second-order valence-corrected chi connectivity index (χ2v) is 5.86. The van der Waals surface area contributed by atoms with Crippen LogP contribution in [0.5, 0.6) is 5.75 Å². The van der Waals surface area contributed by atoms with Crippen molar-refractivity contribution < 1.29 is 19.0 Å². The lowest BCUT2D eigenvalue weighted by Crippen LogP contribution is -2.43. The lowest BCUT2D eigenvalue weighted by atomic mass is 9.80. The van der Waals surface area contributed by atoms with Crippen LogP contribution in [0.15, 0.2) is 24.3 Å². The van der Waals surface area contributed by atoms with Gasteiger partial charge >= 0.3 is 5.97 Å². The Labute approximate surface area is 124 Å². The maximum absolute atomic E-state index is 12.7. The predicted octanol–water partition coefficient (Wildman–Crippen LogP) is 2.78. The van der Waals surface area contributed by atoms with Crippen molar-refractivity contribution in [3.8, 4) is 5.75 Å². The van der Waals surface area contributed by atoms with E-state index in [1.54, 1.807) is 12.1 Å². The summed E-state index contributed by atoms with van der Waals surface area (Å²) >= 11 is 0. The molecule has 1 aromatic carbocycles. The standard InChI is InChI=1S/C16H22FNO3/c1-16(15(19)20)7-10-18(11-8-16)9-2-12-21-14-5-3-13(17)4-6-14/h3-6H,2,7-12H2,1H3,(H,19,20). The highest BCUT2D eigenvalue weighted by Crippen LogP contribution is 2.30. The number of halogens is 1. The van der Waals surface area contributed by atoms with Crippen LogP contribution in [-0.2, 0) is 4.79 Å². The third-order valence-electron chi connectivity index (χ3n) is 4.18. The van der Waals surface area contributed by atoms with Gasteiger partial charge in [-0.1, -0.05) is 0 Å². The number of benzene rings is 1. The molecule has 1 aromatic rings. The number of aliphatic carboxylic acids is 1. The topological polar surface area (TPSA) is 49.8 Å². The molecule has 116 valence electrons. The van der Waals surface area contributed by atoms with Crippen LogP contribution in [0.4, 0.5) is 4.39 Å². The van der Waals surface area contributed by atoms with Crippen LogP contribution in [0.1, 0.15) is 26.2 Å². The quantitative estimate of drug-likeness (QED) is 0.820. The number of hydrogen-bond donors (Lipinski definition) is 1. The second kappa shape index (κ2) is 6.89. The molecule has 0 unspecified atom stereocenters. The predicted molar refractivity (Wildman–Crippen MR) is 77.9 cm³/mol. The maximum atomic E-state index is 12.7. The van der Waals surface area contributed by atoms with E-state index in [1.807, 2.05) is 6.92 Å². The smallest absolute Gasteiger partial charge is 0.309 e. The molecule has 0 aliphatic carbocycles. The Kier molecular flexibility index (Phi) is 5.17. The van der Waals surface area contributed by atoms with Gasteiger partial charge in [-0.2, -0.15) is 0 Å². The first-order valence-corrected chi connectivity index (χ1v) is 7.34. The Bertz CT molecular complexity index is 467. The van der Waals surface area contributed by atoms with Crippen molar-refractivity contribution in [1.29, 1.82) is 0 Å². The number of carboxylic acid groups (broad SMARTS) is 1. The van der Waals surface area contributed by atoms with Crippen molar-refractivity contribution in [2.45, 2.75) is 26.2 Å². The van der Waals surface area contributed by atoms with Crippen LogP contribution < -0.4 is 4.74 Å². The number of carboxylic acids is 1. The van der Waals surface area contributed by atoms with Crippen molar-refractivity contribution in [3.05, 3.63) is 30.1 Å². The molecule has 1 saturated heterocycles. The van der Waals surface area contributed by atoms with E-state index in [4.69, 9.17) is 4.74 Å². The highest BCUT2D eigenvalue weighted by molar-refractivity contribution is 5.74. The van der Waals surface area contributed by atoms with Gasteiger partial charge in [-0.05, 0) is 63.5 Å². The molecular formula is C16H22FNO3. The normalized spacial score (nSPS) is 18.4. The van der Waals surface area contributed by atoms with Gasteiger partial charge in [0.15, 0.2) is 0 Å². The van der Waals surface area contributed by atoms with Gasteiger partial charge in [-0.15, -0.1) is 0 Å². The zero-order valence-corrected chi connectivity index (χ0v) is 12.3. The summed E-state index contributed by atoms with van der Waals surface area (Å²) in [5, 5.41) is 9.18. The van der Waals surface area contributed by atoms with Crippen molar-refractivity contribution in [3.63, 3.8) is 0 Å². The lowest BCUT2D eigenvalue weighted by Gasteiger charge is -2.36. The molecule has 1 heterocycles. The summed E-state index contributed by atoms with van der Waals surface area (Å²) in [7, 11) is 0. The molecule has 0 spiro atoms. The number of likely N-dealkylation sites (tertiary alicyclic amines) is 1. The fraction of sp³-hybridized carbons (Fsp3) is 0.562. The zero-order valence-electron chi connectivity index (χ0n) is 12.3. The minimum atomic E-state index is -0.693. The van der Waals surface area contributed by atoms with Crippen LogP contribution in [0, 0.1) is 11.2 Å². The molecule has 1 N–H and O–H groups in total. The van der Waals surface area contributed by atoms with Crippen molar-refractivity contribution in [2.24, 2.45) is 5.41 Å². The minimum absolute atomic E-state index is 0.267.